The van der Waals surface area contributed by atoms with E-state index in [1.54, 1.807) is 0 Å². The van der Waals surface area contributed by atoms with Crippen LogP contribution < -0.4 is 0 Å². The standard InChI is InChI=1S/C8H11F3O2/c1-5(12)4-6(13)7(2,3)8(9,10)11/h4H2,1-3H3. The van der Waals surface area contributed by atoms with Gasteiger partial charge in [0.25, 0.3) is 0 Å². The van der Waals surface area contributed by atoms with Gasteiger partial charge in [-0.25, -0.2) is 0 Å². The molecular weight excluding hydrogens is 185 g/mol. The number of carbonyl (C=O) groups excluding carboxylic acids is 2. The molecule has 0 amide bonds. The van der Waals surface area contributed by atoms with E-state index in [2.05, 4.69) is 0 Å². The third-order valence-corrected chi connectivity index (χ3v) is 1.82. The van der Waals surface area contributed by atoms with Crippen LogP contribution in [-0.2, 0) is 9.59 Å². The summed E-state index contributed by atoms with van der Waals surface area (Å²) in [4.78, 5) is 21.4. The van der Waals surface area contributed by atoms with Crippen molar-refractivity contribution in [1.29, 1.82) is 0 Å². The number of alkyl halides is 3. The summed E-state index contributed by atoms with van der Waals surface area (Å²) in [5.41, 5.74) is -2.43. The fourth-order valence-electron chi connectivity index (χ4n) is 0.605. The zero-order chi connectivity index (χ0) is 10.9. The third kappa shape index (κ3) is 2.82. The molecule has 5 heteroatoms. The van der Waals surface area contributed by atoms with Crippen molar-refractivity contribution in [3.63, 3.8) is 0 Å². The fraction of sp³-hybridized carbons (Fsp3) is 0.750. The number of ketones is 2. The van der Waals surface area contributed by atoms with Gasteiger partial charge >= 0.3 is 6.18 Å². The molecule has 0 radical (unpaired) electrons. The molecule has 0 atom stereocenters. The first-order chi connectivity index (χ1) is 5.59. The van der Waals surface area contributed by atoms with Crippen LogP contribution in [0.4, 0.5) is 13.2 Å². The highest BCUT2D eigenvalue weighted by molar-refractivity contribution is 6.00. The van der Waals surface area contributed by atoms with Crippen LogP contribution in [0.3, 0.4) is 0 Å². The molecule has 0 bridgehead atoms. The van der Waals surface area contributed by atoms with Crippen LogP contribution in [0, 0.1) is 5.41 Å². The van der Waals surface area contributed by atoms with Crippen molar-refractivity contribution in [3.8, 4) is 0 Å². The van der Waals surface area contributed by atoms with E-state index >= 15 is 0 Å². The molecule has 2 nitrogen and oxygen atoms in total. The second-order valence-electron chi connectivity index (χ2n) is 3.42. The van der Waals surface area contributed by atoms with Crippen molar-refractivity contribution >= 4 is 11.6 Å². The van der Waals surface area contributed by atoms with Crippen LogP contribution in [0.1, 0.15) is 27.2 Å². The normalized spacial score (nSPS) is 12.8. The number of rotatable bonds is 3. The predicted molar refractivity (Wildman–Crippen MR) is 40.1 cm³/mol. The van der Waals surface area contributed by atoms with E-state index in [0.717, 1.165) is 20.8 Å². The zero-order valence-electron chi connectivity index (χ0n) is 7.66. The van der Waals surface area contributed by atoms with E-state index in [-0.39, 0.29) is 0 Å². The minimum atomic E-state index is -4.60. The molecule has 0 aliphatic carbocycles. The average Bonchev–Trinajstić information content (AvgIpc) is 1.82. The van der Waals surface area contributed by atoms with Gasteiger partial charge in [-0.15, -0.1) is 0 Å². The summed E-state index contributed by atoms with van der Waals surface area (Å²) in [7, 11) is 0. The Bertz CT molecular complexity index is 228. The summed E-state index contributed by atoms with van der Waals surface area (Å²) >= 11 is 0. The Kier molecular flexibility index (Phi) is 3.24. The van der Waals surface area contributed by atoms with Gasteiger partial charge in [0.05, 0.1) is 6.42 Å². The predicted octanol–water partition coefficient (Wildman–Crippen LogP) is 2.12. The summed E-state index contributed by atoms with van der Waals surface area (Å²) < 4.78 is 36.6. The Hall–Kier alpha value is -0.870. The molecule has 0 aromatic heterocycles. The van der Waals surface area contributed by atoms with Gasteiger partial charge in [-0.1, -0.05) is 0 Å². The van der Waals surface area contributed by atoms with Crippen LogP contribution in [0.25, 0.3) is 0 Å². The highest BCUT2D eigenvalue weighted by Crippen LogP contribution is 2.38. The highest BCUT2D eigenvalue weighted by Gasteiger charge is 2.52. The van der Waals surface area contributed by atoms with Gasteiger partial charge < -0.3 is 0 Å². The number of halogens is 3. The molecule has 0 aromatic rings. The number of hydrogen-bond donors (Lipinski definition) is 0. The van der Waals surface area contributed by atoms with Crippen LogP contribution in [-0.4, -0.2) is 17.7 Å². The third-order valence-electron chi connectivity index (χ3n) is 1.82. The summed E-state index contributed by atoms with van der Waals surface area (Å²) in [6.07, 6.45) is -5.26. The second-order valence-corrected chi connectivity index (χ2v) is 3.42. The first-order valence-electron chi connectivity index (χ1n) is 3.68. The maximum absolute atomic E-state index is 12.2. The molecule has 76 valence electrons. The Balaban J connectivity index is 4.65. The summed E-state index contributed by atoms with van der Waals surface area (Å²) in [5, 5.41) is 0. The van der Waals surface area contributed by atoms with Crippen molar-refractivity contribution in [2.45, 2.75) is 33.4 Å². The van der Waals surface area contributed by atoms with Gasteiger partial charge in [-0.3, -0.25) is 9.59 Å². The van der Waals surface area contributed by atoms with Gasteiger partial charge in [0.1, 0.15) is 11.2 Å². The SMILES string of the molecule is CC(=O)CC(=O)C(C)(C)C(F)(F)F. The summed E-state index contributed by atoms with van der Waals surface area (Å²) in [5.74, 6) is -1.64. The molecule has 0 unspecified atom stereocenters. The average molecular weight is 196 g/mol. The molecule has 13 heavy (non-hydrogen) atoms. The quantitative estimate of drug-likeness (QED) is 0.648. The number of Topliss-reactive ketones (excluding diaryl/α,β-unsaturated/α-hetero) is 2. The smallest absolute Gasteiger partial charge is 0.300 e. The molecule has 0 aromatic carbocycles. The van der Waals surface area contributed by atoms with Crippen molar-refractivity contribution in [3.05, 3.63) is 0 Å². The van der Waals surface area contributed by atoms with E-state index in [1.165, 1.54) is 0 Å². The van der Waals surface area contributed by atoms with Crippen LogP contribution in [0.15, 0.2) is 0 Å². The summed E-state index contributed by atoms with van der Waals surface area (Å²) in [6.45, 7) is 2.64. The second kappa shape index (κ2) is 3.47. The van der Waals surface area contributed by atoms with Crippen molar-refractivity contribution in [2.75, 3.05) is 0 Å². The Labute approximate surface area is 74.1 Å². The van der Waals surface area contributed by atoms with Gasteiger partial charge in [-0.05, 0) is 20.8 Å². The first-order valence-corrected chi connectivity index (χ1v) is 3.68. The molecule has 0 fully saturated rings. The first kappa shape index (κ1) is 12.1. The van der Waals surface area contributed by atoms with Gasteiger partial charge in [0.2, 0.25) is 0 Å². The summed E-state index contributed by atoms with van der Waals surface area (Å²) in [6, 6.07) is 0. The van der Waals surface area contributed by atoms with Gasteiger partial charge in [0.15, 0.2) is 5.78 Å². The minimum Gasteiger partial charge on any atom is -0.300 e. The molecule has 0 aliphatic rings. The van der Waals surface area contributed by atoms with Crippen LogP contribution in [0.5, 0.6) is 0 Å². The topological polar surface area (TPSA) is 34.1 Å². The molecular formula is C8H11F3O2. The van der Waals surface area contributed by atoms with Crippen molar-refractivity contribution < 1.29 is 22.8 Å². The molecule has 0 spiro atoms. The monoisotopic (exact) mass is 196 g/mol. The minimum absolute atomic E-state index is 0.553. The molecule has 0 N–H and O–H groups in total. The van der Waals surface area contributed by atoms with E-state index in [0.29, 0.717) is 0 Å². The molecule has 0 saturated heterocycles. The highest BCUT2D eigenvalue weighted by atomic mass is 19.4. The Morgan fingerprint density at radius 1 is 1.15 bits per heavy atom. The molecule has 0 rings (SSSR count). The molecule has 0 saturated carbocycles. The number of hydrogen-bond acceptors (Lipinski definition) is 2. The van der Waals surface area contributed by atoms with E-state index in [9.17, 15) is 22.8 Å². The molecule has 0 heterocycles. The lowest BCUT2D eigenvalue weighted by Crippen LogP contribution is -2.40. The van der Waals surface area contributed by atoms with Gasteiger partial charge in [-0.2, -0.15) is 13.2 Å². The molecule has 0 aliphatic heterocycles. The van der Waals surface area contributed by atoms with E-state index in [4.69, 9.17) is 0 Å². The maximum atomic E-state index is 12.2. The number of carbonyl (C=O) groups is 2. The lowest BCUT2D eigenvalue weighted by atomic mass is 9.85. The van der Waals surface area contributed by atoms with Crippen molar-refractivity contribution in [1.82, 2.24) is 0 Å². The Morgan fingerprint density at radius 3 is 1.77 bits per heavy atom. The zero-order valence-corrected chi connectivity index (χ0v) is 7.66. The van der Waals surface area contributed by atoms with E-state index in [1.807, 2.05) is 0 Å². The fourth-order valence-corrected chi connectivity index (χ4v) is 0.605. The maximum Gasteiger partial charge on any atom is 0.400 e. The largest absolute Gasteiger partial charge is 0.400 e. The Morgan fingerprint density at radius 2 is 1.54 bits per heavy atom. The van der Waals surface area contributed by atoms with E-state index < -0.39 is 29.6 Å². The van der Waals surface area contributed by atoms with Crippen molar-refractivity contribution in [2.24, 2.45) is 5.41 Å². The van der Waals surface area contributed by atoms with Crippen LogP contribution in [0.2, 0.25) is 0 Å². The lowest BCUT2D eigenvalue weighted by Gasteiger charge is -2.25. The lowest BCUT2D eigenvalue weighted by molar-refractivity contribution is -0.209. The van der Waals surface area contributed by atoms with Gasteiger partial charge in [0, 0.05) is 0 Å². The van der Waals surface area contributed by atoms with Crippen LogP contribution >= 0.6 is 0 Å².